The zero-order valence-corrected chi connectivity index (χ0v) is 15.0. The van der Waals surface area contributed by atoms with E-state index in [0.29, 0.717) is 17.0 Å². The second kappa shape index (κ2) is 8.40. The van der Waals surface area contributed by atoms with Crippen LogP contribution in [0.4, 0.5) is 5.69 Å². The van der Waals surface area contributed by atoms with Crippen molar-refractivity contribution in [3.63, 3.8) is 0 Å². The average molecular weight is 366 g/mol. The zero-order chi connectivity index (χ0) is 18.4. The summed E-state index contributed by atoms with van der Waals surface area (Å²) < 4.78 is 5.38. The molecule has 2 amide bonds. The summed E-state index contributed by atoms with van der Waals surface area (Å²) in [5, 5.41) is 5.34. The summed E-state index contributed by atoms with van der Waals surface area (Å²) >= 11 is 1.63. The van der Waals surface area contributed by atoms with E-state index in [2.05, 4.69) is 10.6 Å². The molecule has 132 valence electrons. The van der Waals surface area contributed by atoms with Gasteiger partial charge in [-0.1, -0.05) is 24.3 Å². The van der Waals surface area contributed by atoms with Crippen LogP contribution in [-0.2, 0) is 5.75 Å². The summed E-state index contributed by atoms with van der Waals surface area (Å²) in [6.07, 6.45) is 1.51. The molecule has 3 aromatic rings. The first-order valence-electron chi connectivity index (χ1n) is 8.05. The number of thioether (sulfide) groups is 1. The number of anilines is 1. The van der Waals surface area contributed by atoms with Gasteiger partial charge in [0.15, 0.2) is 5.76 Å². The van der Waals surface area contributed by atoms with Crippen LogP contribution in [0.5, 0.6) is 0 Å². The Morgan fingerprint density at radius 2 is 1.81 bits per heavy atom. The van der Waals surface area contributed by atoms with E-state index in [1.165, 1.54) is 6.26 Å². The van der Waals surface area contributed by atoms with Crippen molar-refractivity contribution >= 4 is 29.3 Å². The highest BCUT2D eigenvalue weighted by atomic mass is 32.2. The molecule has 1 heterocycles. The molecule has 1 aromatic heterocycles. The van der Waals surface area contributed by atoms with Crippen molar-refractivity contribution in [1.29, 1.82) is 0 Å². The molecule has 0 aliphatic carbocycles. The van der Waals surface area contributed by atoms with Crippen molar-refractivity contribution < 1.29 is 14.0 Å². The standard InChI is InChI=1S/C20H18N2O3S/c1-21-19(23)14-6-5-7-16(12-14)22-20(24)18-15(10-11-25-18)13-26-17-8-3-2-4-9-17/h2-12H,13H2,1H3,(H,21,23)(H,22,24). The lowest BCUT2D eigenvalue weighted by Gasteiger charge is -2.07. The fourth-order valence-electron chi connectivity index (χ4n) is 2.40. The van der Waals surface area contributed by atoms with Crippen LogP contribution in [0.2, 0.25) is 0 Å². The first-order chi connectivity index (χ1) is 12.7. The predicted molar refractivity (Wildman–Crippen MR) is 102 cm³/mol. The van der Waals surface area contributed by atoms with Gasteiger partial charge in [-0.25, -0.2) is 0 Å². The van der Waals surface area contributed by atoms with E-state index in [1.807, 2.05) is 30.3 Å². The maximum Gasteiger partial charge on any atom is 0.291 e. The summed E-state index contributed by atoms with van der Waals surface area (Å²) in [7, 11) is 1.56. The molecular weight excluding hydrogens is 348 g/mol. The van der Waals surface area contributed by atoms with Crippen LogP contribution in [0.25, 0.3) is 0 Å². The molecular formula is C20H18N2O3S. The van der Waals surface area contributed by atoms with Gasteiger partial charge in [-0.2, -0.15) is 0 Å². The predicted octanol–water partition coefficient (Wildman–Crippen LogP) is 4.18. The third kappa shape index (κ3) is 4.34. The minimum absolute atomic E-state index is 0.209. The molecule has 0 aliphatic heterocycles. The van der Waals surface area contributed by atoms with Crippen molar-refractivity contribution in [2.75, 3.05) is 12.4 Å². The van der Waals surface area contributed by atoms with Crippen molar-refractivity contribution in [2.24, 2.45) is 0 Å². The van der Waals surface area contributed by atoms with Crippen molar-refractivity contribution in [2.45, 2.75) is 10.6 Å². The Bertz CT molecular complexity index is 906. The van der Waals surface area contributed by atoms with E-state index in [0.717, 1.165) is 10.5 Å². The summed E-state index contributed by atoms with van der Waals surface area (Å²) in [5.74, 6) is 0.354. The van der Waals surface area contributed by atoms with Crippen molar-refractivity contribution in [1.82, 2.24) is 5.32 Å². The molecule has 0 unspecified atom stereocenters. The first kappa shape index (κ1) is 17.8. The van der Waals surface area contributed by atoms with Gasteiger partial charge in [0.25, 0.3) is 11.8 Å². The number of carbonyl (C=O) groups is 2. The summed E-state index contributed by atoms with van der Waals surface area (Å²) in [5.41, 5.74) is 1.83. The summed E-state index contributed by atoms with van der Waals surface area (Å²) in [4.78, 5) is 25.4. The highest BCUT2D eigenvalue weighted by molar-refractivity contribution is 7.98. The van der Waals surface area contributed by atoms with Crippen LogP contribution in [0.15, 0.2) is 76.2 Å². The molecule has 6 heteroatoms. The van der Waals surface area contributed by atoms with E-state index in [4.69, 9.17) is 4.42 Å². The Labute approximate surface area is 155 Å². The smallest absolute Gasteiger partial charge is 0.291 e. The molecule has 0 bridgehead atoms. The lowest BCUT2D eigenvalue weighted by molar-refractivity contribution is 0.0960. The lowest BCUT2D eigenvalue weighted by Crippen LogP contribution is -2.18. The first-order valence-corrected chi connectivity index (χ1v) is 9.03. The molecule has 5 nitrogen and oxygen atoms in total. The largest absolute Gasteiger partial charge is 0.459 e. The van der Waals surface area contributed by atoms with Crippen molar-refractivity contribution in [3.8, 4) is 0 Å². The molecule has 2 N–H and O–H groups in total. The number of hydrogen-bond donors (Lipinski definition) is 2. The number of carbonyl (C=O) groups excluding carboxylic acids is 2. The quantitative estimate of drug-likeness (QED) is 0.642. The highest BCUT2D eigenvalue weighted by Crippen LogP contribution is 2.25. The van der Waals surface area contributed by atoms with Crippen molar-refractivity contribution in [3.05, 3.63) is 83.8 Å². The minimum Gasteiger partial charge on any atom is -0.459 e. The number of benzene rings is 2. The second-order valence-corrected chi connectivity index (χ2v) is 6.54. The van der Waals surface area contributed by atoms with Gasteiger partial charge in [-0.3, -0.25) is 9.59 Å². The molecule has 3 rings (SSSR count). The highest BCUT2D eigenvalue weighted by Gasteiger charge is 2.16. The zero-order valence-electron chi connectivity index (χ0n) is 14.2. The van der Waals surface area contributed by atoms with Crippen LogP contribution in [0.1, 0.15) is 26.5 Å². The Morgan fingerprint density at radius 3 is 2.58 bits per heavy atom. The Kier molecular flexibility index (Phi) is 5.76. The summed E-state index contributed by atoms with van der Waals surface area (Å²) in [6, 6.07) is 18.5. The Morgan fingerprint density at radius 1 is 1.00 bits per heavy atom. The topological polar surface area (TPSA) is 71.3 Å². The molecule has 0 saturated heterocycles. The van der Waals surface area contributed by atoms with Crippen LogP contribution in [0, 0.1) is 0 Å². The lowest BCUT2D eigenvalue weighted by atomic mass is 10.2. The molecule has 0 aliphatic rings. The summed E-state index contributed by atoms with van der Waals surface area (Å²) in [6.45, 7) is 0. The Balaban J connectivity index is 1.69. The van der Waals surface area contributed by atoms with Crippen LogP contribution in [-0.4, -0.2) is 18.9 Å². The second-order valence-electron chi connectivity index (χ2n) is 5.49. The fraction of sp³-hybridized carbons (Fsp3) is 0.100. The monoisotopic (exact) mass is 366 g/mol. The average Bonchev–Trinajstić information content (AvgIpc) is 3.15. The van der Waals surface area contributed by atoms with E-state index in [9.17, 15) is 9.59 Å². The van der Waals surface area contributed by atoms with Gasteiger partial charge in [-0.15, -0.1) is 11.8 Å². The number of furan rings is 1. The van der Waals surface area contributed by atoms with Gasteiger partial charge >= 0.3 is 0 Å². The third-order valence-electron chi connectivity index (χ3n) is 3.70. The van der Waals surface area contributed by atoms with Gasteiger partial charge < -0.3 is 15.1 Å². The maximum atomic E-state index is 12.5. The molecule has 0 saturated carbocycles. The normalized spacial score (nSPS) is 10.3. The number of nitrogens with one attached hydrogen (secondary N) is 2. The maximum absolute atomic E-state index is 12.5. The molecule has 2 aromatic carbocycles. The molecule has 26 heavy (non-hydrogen) atoms. The number of amides is 2. The molecule has 0 radical (unpaired) electrons. The van der Waals surface area contributed by atoms with Crippen LogP contribution >= 0.6 is 11.8 Å². The number of hydrogen-bond acceptors (Lipinski definition) is 4. The third-order valence-corrected chi connectivity index (χ3v) is 4.76. The van der Waals surface area contributed by atoms with Gasteiger partial charge in [0.05, 0.1) is 6.26 Å². The molecule has 0 atom stereocenters. The van der Waals surface area contributed by atoms with Gasteiger partial charge in [0, 0.05) is 34.5 Å². The fourth-order valence-corrected chi connectivity index (χ4v) is 3.30. The van der Waals surface area contributed by atoms with E-state index >= 15 is 0 Å². The Hall–Kier alpha value is -2.99. The SMILES string of the molecule is CNC(=O)c1cccc(NC(=O)c2occc2CSc2ccccc2)c1. The molecule has 0 fully saturated rings. The number of rotatable bonds is 6. The van der Waals surface area contributed by atoms with Crippen LogP contribution in [0.3, 0.4) is 0 Å². The van der Waals surface area contributed by atoms with E-state index < -0.39 is 0 Å². The van der Waals surface area contributed by atoms with E-state index in [-0.39, 0.29) is 17.6 Å². The molecule has 0 spiro atoms. The van der Waals surface area contributed by atoms with Gasteiger partial charge in [0.1, 0.15) is 0 Å². The van der Waals surface area contributed by atoms with Crippen LogP contribution < -0.4 is 10.6 Å². The minimum atomic E-state index is -0.340. The van der Waals surface area contributed by atoms with Gasteiger partial charge in [-0.05, 0) is 36.4 Å². The van der Waals surface area contributed by atoms with E-state index in [1.54, 1.807) is 49.1 Å². The van der Waals surface area contributed by atoms with Gasteiger partial charge in [0.2, 0.25) is 0 Å².